The molecule has 9 heteroatoms. The van der Waals surface area contributed by atoms with Crippen molar-refractivity contribution in [3.63, 3.8) is 0 Å². The number of benzene rings is 2. The Hall–Kier alpha value is -4.11. The first-order chi connectivity index (χ1) is 16.1. The van der Waals surface area contributed by atoms with Gasteiger partial charge in [-0.3, -0.25) is 14.9 Å². The third kappa shape index (κ3) is 3.90. The predicted octanol–water partition coefficient (Wildman–Crippen LogP) is 4.07. The molecule has 0 saturated carbocycles. The number of amides is 2. The van der Waals surface area contributed by atoms with E-state index in [1.807, 2.05) is 31.4 Å². The molecule has 1 fully saturated rings. The monoisotopic (exact) mass is 477 g/mol. The summed E-state index contributed by atoms with van der Waals surface area (Å²) < 4.78 is 16.3. The number of carboxylic acids is 1. The Kier molecular flexibility index (Phi) is 5.89. The zero-order chi connectivity index (χ0) is 24.7. The highest BCUT2D eigenvalue weighted by Gasteiger charge is 2.36. The lowest BCUT2D eigenvalue weighted by Gasteiger charge is -2.29. The van der Waals surface area contributed by atoms with Gasteiger partial charge in [-0.1, -0.05) is 12.1 Å². The number of aromatic carboxylic acids is 1. The molecule has 34 heavy (non-hydrogen) atoms. The Bertz CT molecular complexity index is 1420. The van der Waals surface area contributed by atoms with Crippen LogP contribution in [0.15, 0.2) is 54.1 Å². The van der Waals surface area contributed by atoms with Gasteiger partial charge >= 0.3 is 5.97 Å². The van der Waals surface area contributed by atoms with Gasteiger partial charge in [0.25, 0.3) is 11.8 Å². The third-order valence-electron chi connectivity index (χ3n) is 5.65. The number of nitrogens with zero attached hydrogens (tertiary/aromatic N) is 2. The number of aryl methyl sites for hydroxylation is 2. The number of carboxylic acid groups (broad SMARTS) is 1. The summed E-state index contributed by atoms with van der Waals surface area (Å²) in [6.07, 6.45) is 1.45. The Morgan fingerprint density at radius 1 is 1.06 bits per heavy atom. The van der Waals surface area contributed by atoms with Crippen molar-refractivity contribution >= 4 is 46.9 Å². The maximum Gasteiger partial charge on any atom is 0.335 e. The highest BCUT2D eigenvalue weighted by Crippen LogP contribution is 2.28. The van der Waals surface area contributed by atoms with Crippen molar-refractivity contribution in [1.29, 1.82) is 0 Å². The number of hydrogen-bond donors (Lipinski definition) is 2. The summed E-state index contributed by atoms with van der Waals surface area (Å²) in [5.74, 6) is -3.06. The van der Waals surface area contributed by atoms with Gasteiger partial charge in [0.2, 0.25) is 0 Å². The van der Waals surface area contributed by atoms with Gasteiger partial charge in [-0.15, -0.1) is 0 Å². The van der Waals surface area contributed by atoms with E-state index in [1.165, 1.54) is 30.3 Å². The molecule has 7 nitrogen and oxygen atoms in total. The zero-order valence-electron chi connectivity index (χ0n) is 18.5. The second-order valence-corrected chi connectivity index (χ2v) is 8.26. The molecule has 0 radical (unpaired) electrons. The van der Waals surface area contributed by atoms with Crippen LogP contribution in [0.1, 0.15) is 32.9 Å². The molecule has 2 amide bonds. The number of anilines is 1. The highest BCUT2D eigenvalue weighted by molar-refractivity contribution is 7.80. The quantitative estimate of drug-likeness (QED) is 0.336. The molecular weight excluding hydrogens is 457 g/mol. The standard InChI is InChI=1S/C25H20FN3O4S/c1-13-10-16(24(32)33)8-9-20(13)28-14(2)11-17(15(28)3)12-18-22(30)27-25(34)29(23(18)31)21-7-5-4-6-19(21)26/h4-12H,1-3H3,(H,32,33)(H,27,30,34)/b18-12+. The average molecular weight is 478 g/mol. The van der Waals surface area contributed by atoms with E-state index in [9.17, 15) is 23.9 Å². The van der Waals surface area contributed by atoms with Gasteiger partial charge in [-0.25, -0.2) is 14.1 Å². The number of halogens is 1. The first-order valence-electron chi connectivity index (χ1n) is 10.3. The summed E-state index contributed by atoms with van der Waals surface area (Å²) in [7, 11) is 0. The van der Waals surface area contributed by atoms with Gasteiger partial charge in [0, 0.05) is 17.1 Å². The van der Waals surface area contributed by atoms with E-state index in [1.54, 1.807) is 18.2 Å². The van der Waals surface area contributed by atoms with Gasteiger partial charge in [-0.05, 0) is 86.6 Å². The van der Waals surface area contributed by atoms with Crippen LogP contribution >= 0.6 is 12.2 Å². The van der Waals surface area contributed by atoms with Crippen LogP contribution in [0.4, 0.5) is 10.1 Å². The van der Waals surface area contributed by atoms with Gasteiger partial charge in [0.1, 0.15) is 11.4 Å². The molecular formula is C25H20FN3O4S. The van der Waals surface area contributed by atoms with Crippen LogP contribution in [0.25, 0.3) is 11.8 Å². The largest absolute Gasteiger partial charge is 0.478 e. The fourth-order valence-electron chi connectivity index (χ4n) is 4.01. The molecule has 3 aromatic rings. The highest BCUT2D eigenvalue weighted by atomic mass is 32.1. The summed E-state index contributed by atoms with van der Waals surface area (Å²) in [5.41, 5.74) is 3.64. The molecule has 0 spiro atoms. The Morgan fingerprint density at radius 2 is 1.76 bits per heavy atom. The van der Waals surface area contributed by atoms with Crippen molar-refractivity contribution in [3.8, 4) is 5.69 Å². The van der Waals surface area contributed by atoms with Crippen molar-refractivity contribution in [2.45, 2.75) is 20.8 Å². The molecule has 1 aliphatic heterocycles. The Balaban J connectivity index is 1.78. The molecule has 4 rings (SSSR count). The molecule has 2 heterocycles. The smallest absolute Gasteiger partial charge is 0.335 e. The normalized spacial score (nSPS) is 15.1. The van der Waals surface area contributed by atoms with Crippen molar-refractivity contribution in [3.05, 3.63) is 88.0 Å². The fourth-order valence-corrected chi connectivity index (χ4v) is 4.28. The molecule has 0 bridgehead atoms. The number of nitrogens with one attached hydrogen (secondary N) is 1. The van der Waals surface area contributed by atoms with Crippen LogP contribution in [-0.2, 0) is 9.59 Å². The molecule has 1 aromatic heterocycles. The maximum absolute atomic E-state index is 14.4. The van der Waals surface area contributed by atoms with Crippen LogP contribution in [0.5, 0.6) is 0 Å². The first-order valence-corrected chi connectivity index (χ1v) is 10.7. The van der Waals surface area contributed by atoms with E-state index in [4.69, 9.17) is 12.2 Å². The van der Waals surface area contributed by atoms with E-state index >= 15 is 0 Å². The minimum Gasteiger partial charge on any atom is -0.478 e. The summed E-state index contributed by atoms with van der Waals surface area (Å²) >= 11 is 5.13. The van der Waals surface area contributed by atoms with Crippen LogP contribution in [0.2, 0.25) is 0 Å². The second kappa shape index (κ2) is 8.68. The van der Waals surface area contributed by atoms with E-state index in [2.05, 4.69) is 5.32 Å². The summed E-state index contributed by atoms with van der Waals surface area (Å²) in [4.78, 5) is 38.1. The number of carbonyl (C=O) groups excluding carboxylic acids is 2. The lowest BCUT2D eigenvalue weighted by Crippen LogP contribution is -2.54. The molecule has 1 saturated heterocycles. The molecule has 2 aromatic carbocycles. The summed E-state index contributed by atoms with van der Waals surface area (Å²) in [5, 5.41) is 11.5. The van der Waals surface area contributed by atoms with E-state index in [-0.39, 0.29) is 21.9 Å². The number of carbonyl (C=O) groups is 3. The molecule has 0 atom stereocenters. The van der Waals surface area contributed by atoms with Gasteiger partial charge in [-0.2, -0.15) is 0 Å². The molecule has 0 aliphatic carbocycles. The number of rotatable bonds is 4. The molecule has 1 aliphatic rings. The molecule has 172 valence electrons. The minimum atomic E-state index is -1.01. The van der Waals surface area contributed by atoms with E-state index in [0.717, 1.165) is 27.5 Å². The van der Waals surface area contributed by atoms with Gasteiger partial charge in [0.05, 0.1) is 11.3 Å². The number of para-hydroxylation sites is 1. The topological polar surface area (TPSA) is 91.6 Å². The third-order valence-corrected chi connectivity index (χ3v) is 5.93. The number of thiocarbonyl (C=S) groups is 1. The zero-order valence-corrected chi connectivity index (χ0v) is 19.4. The fraction of sp³-hybridized carbons (Fsp3) is 0.120. The summed E-state index contributed by atoms with van der Waals surface area (Å²) in [6.45, 7) is 5.50. The van der Waals surface area contributed by atoms with E-state index in [0.29, 0.717) is 5.56 Å². The van der Waals surface area contributed by atoms with Crippen molar-refractivity contribution in [1.82, 2.24) is 9.88 Å². The first kappa shape index (κ1) is 23.1. The average Bonchev–Trinajstić information content (AvgIpc) is 3.05. The number of aromatic nitrogens is 1. The SMILES string of the molecule is Cc1cc(C(=O)O)ccc1-n1c(C)cc(/C=C2\C(=O)NC(=S)N(c3ccccc3F)C2=O)c1C. The molecule has 0 unspecified atom stereocenters. The van der Waals surface area contributed by atoms with Crippen molar-refractivity contribution in [2.24, 2.45) is 0 Å². The van der Waals surface area contributed by atoms with Gasteiger partial charge in [0.15, 0.2) is 5.11 Å². The lowest BCUT2D eigenvalue weighted by atomic mass is 10.1. The lowest BCUT2D eigenvalue weighted by molar-refractivity contribution is -0.122. The van der Waals surface area contributed by atoms with Crippen LogP contribution in [-0.4, -0.2) is 32.6 Å². The van der Waals surface area contributed by atoms with Crippen LogP contribution in [0, 0.1) is 26.6 Å². The predicted molar refractivity (Wildman–Crippen MR) is 130 cm³/mol. The molecule has 2 N–H and O–H groups in total. The Labute approximate surface area is 200 Å². The van der Waals surface area contributed by atoms with Crippen molar-refractivity contribution < 1.29 is 23.9 Å². The summed E-state index contributed by atoms with van der Waals surface area (Å²) in [6, 6.07) is 12.3. The maximum atomic E-state index is 14.4. The van der Waals surface area contributed by atoms with Crippen LogP contribution < -0.4 is 10.2 Å². The second-order valence-electron chi connectivity index (χ2n) is 7.88. The minimum absolute atomic E-state index is 0.0528. The Morgan fingerprint density at radius 3 is 2.41 bits per heavy atom. The van der Waals surface area contributed by atoms with E-state index < -0.39 is 23.6 Å². The number of hydrogen-bond acceptors (Lipinski definition) is 4. The van der Waals surface area contributed by atoms with Gasteiger partial charge < -0.3 is 9.67 Å². The van der Waals surface area contributed by atoms with Crippen LogP contribution in [0.3, 0.4) is 0 Å². The van der Waals surface area contributed by atoms with Crippen molar-refractivity contribution in [2.75, 3.05) is 4.90 Å².